The van der Waals surface area contributed by atoms with Crippen LogP contribution >= 0.6 is 11.6 Å². The Morgan fingerprint density at radius 2 is 1.92 bits per heavy atom. The van der Waals surface area contributed by atoms with E-state index in [1.165, 1.54) is 0 Å². The predicted octanol–water partition coefficient (Wildman–Crippen LogP) is 4.33. The second-order valence-corrected chi connectivity index (χ2v) is 6.46. The number of carbonyl (C=O) groups excluding carboxylic acids is 1. The molecule has 2 rings (SSSR count). The van der Waals surface area contributed by atoms with Crippen molar-refractivity contribution in [3.8, 4) is 0 Å². The predicted molar refractivity (Wildman–Crippen MR) is 105 cm³/mol. The zero-order chi connectivity index (χ0) is 18.1. The van der Waals surface area contributed by atoms with Crippen molar-refractivity contribution in [3.63, 3.8) is 0 Å². The van der Waals surface area contributed by atoms with Gasteiger partial charge in [-0.25, -0.2) is 4.98 Å². The lowest BCUT2D eigenvalue weighted by molar-refractivity contribution is 0.0954. The van der Waals surface area contributed by atoms with Crippen LogP contribution in [0.3, 0.4) is 0 Å². The van der Waals surface area contributed by atoms with Crippen molar-refractivity contribution in [3.05, 3.63) is 58.7 Å². The first-order valence-corrected chi connectivity index (χ1v) is 9.25. The van der Waals surface area contributed by atoms with Gasteiger partial charge in [0, 0.05) is 30.9 Å². The van der Waals surface area contributed by atoms with Crippen LogP contribution in [0.2, 0.25) is 5.02 Å². The topological polar surface area (TPSA) is 45.2 Å². The van der Waals surface area contributed by atoms with Gasteiger partial charge in [-0.15, -0.1) is 0 Å². The summed E-state index contributed by atoms with van der Waals surface area (Å²) < 4.78 is 0. The average molecular weight is 360 g/mol. The lowest BCUT2D eigenvalue weighted by Crippen LogP contribution is -2.27. The van der Waals surface area contributed by atoms with Crippen LogP contribution < -0.4 is 10.2 Å². The van der Waals surface area contributed by atoms with E-state index in [-0.39, 0.29) is 5.91 Å². The average Bonchev–Trinajstić information content (AvgIpc) is 2.62. The molecule has 0 aliphatic rings. The highest BCUT2D eigenvalue weighted by Crippen LogP contribution is 2.13. The molecule has 0 saturated heterocycles. The SMILES string of the molecule is CCCN(CCC)c1ccc(C(=O)NCCc2cccc(Cl)c2)cn1. The Morgan fingerprint density at radius 3 is 2.52 bits per heavy atom. The highest BCUT2D eigenvalue weighted by atomic mass is 35.5. The van der Waals surface area contributed by atoms with Gasteiger partial charge in [-0.1, -0.05) is 37.6 Å². The molecular formula is C20H26ClN3O. The van der Waals surface area contributed by atoms with Gasteiger partial charge >= 0.3 is 0 Å². The molecular weight excluding hydrogens is 334 g/mol. The minimum Gasteiger partial charge on any atom is -0.357 e. The summed E-state index contributed by atoms with van der Waals surface area (Å²) in [5.74, 6) is 0.831. The number of amides is 1. The fraction of sp³-hybridized carbons (Fsp3) is 0.400. The van der Waals surface area contributed by atoms with Crippen LogP contribution in [0.4, 0.5) is 5.82 Å². The van der Waals surface area contributed by atoms with Gasteiger partial charge in [0.1, 0.15) is 5.82 Å². The summed E-state index contributed by atoms with van der Waals surface area (Å²) in [5, 5.41) is 3.65. The van der Waals surface area contributed by atoms with E-state index in [4.69, 9.17) is 11.6 Å². The van der Waals surface area contributed by atoms with Crippen LogP contribution in [-0.4, -0.2) is 30.5 Å². The van der Waals surface area contributed by atoms with Crippen molar-refractivity contribution in [1.29, 1.82) is 0 Å². The molecule has 5 heteroatoms. The minimum atomic E-state index is -0.0985. The quantitative estimate of drug-likeness (QED) is 0.724. The third-order valence-corrected chi connectivity index (χ3v) is 4.14. The number of benzene rings is 1. The number of pyridine rings is 1. The highest BCUT2D eigenvalue weighted by Gasteiger charge is 2.09. The monoisotopic (exact) mass is 359 g/mol. The molecule has 25 heavy (non-hydrogen) atoms. The molecule has 0 atom stereocenters. The van der Waals surface area contributed by atoms with Gasteiger partial charge in [-0.2, -0.15) is 0 Å². The van der Waals surface area contributed by atoms with Gasteiger partial charge in [0.05, 0.1) is 5.56 Å². The van der Waals surface area contributed by atoms with Crippen molar-refractivity contribution in [1.82, 2.24) is 10.3 Å². The third kappa shape index (κ3) is 6.05. The number of rotatable bonds is 9. The van der Waals surface area contributed by atoms with Crippen molar-refractivity contribution < 1.29 is 4.79 Å². The van der Waals surface area contributed by atoms with E-state index in [1.807, 2.05) is 36.4 Å². The molecule has 0 aliphatic heterocycles. The summed E-state index contributed by atoms with van der Waals surface area (Å²) in [7, 11) is 0. The van der Waals surface area contributed by atoms with Gasteiger partial charge in [0.25, 0.3) is 5.91 Å². The molecule has 0 fully saturated rings. The maximum absolute atomic E-state index is 12.2. The normalized spacial score (nSPS) is 10.5. The fourth-order valence-corrected chi connectivity index (χ4v) is 2.92. The van der Waals surface area contributed by atoms with Crippen LogP contribution in [0.1, 0.15) is 42.6 Å². The summed E-state index contributed by atoms with van der Waals surface area (Å²) in [4.78, 5) is 19.0. The first-order valence-electron chi connectivity index (χ1n) is 8.87. The second-order valence-electron chi connectivity index (χ2n) is 6.03. The third-order valence-electron chi connectivity index (χ3n) is 3.91. The lowest BCUT2D eigenvalue weighted by Gasteiger charge is -2.22. The number of halogens is 1. The highest BCUT2D eigenvalue weighted by molar-refractivity contribution is 6.30. The van der Waals surface area contributed by atoms with Crippen LogP contribution in [0, 0.1) is 0 Å². The number of carbonyl (C=O) groups is 1. The largest absolute Gasteiger partial charge is 0.357 e. The zero-order valence-corrected chi connectivity index (χ0v) is 15.7. The summed E-state index contributed by atoms with van der Waals surface area (Å²) in [6, 6.07) is 11.5. The van der Waals surface area contributed by atoms with Gasteiger partial charge in [-0.05, 0) is 49.1 Å². The number of aromatic nitrogens is 1. The van der Waals surface area contributed by atoms with E-state index >= 15 is 0 Å². The van der Waals surface area contributed by atoms with Gasteiger partial charge in [-0.3, -0.25) is 4.79 Å². The van der Waals surface area contributed by atoms with E-state index in [9.17, 15) is 4.79 Å². The maximum atomic E-state index is 12.2. The lowest BCUT2D eigenvalue weighted by atomic mass is 10.1. The summed E-state index contributed by atoms with van der Waals surface area (Å²) in [5.41, 5.74) is 1.69. The first kappa shape index (κ1) is 19.3. The molecule has 1 heterocycles. The van der Waals surface area contributed by atoms with Crippen molar-refractivity contribution in [2.45, 2.75) is 33.1 Å². The standard InChI is InChI=1S/C20H26ClN3O/c1-3-12-24(13-4-2)19-9-8-17(15-23-19)20(25)22-11-10-16-6-5-7-18(21)14-16/h5-9,14-15H,3-4,10-13H2,1-2H3,(H,22,25). The molecule has 0 saturated carbocycles. The first-order chi connectivity index (χ1) is 12.1. The Kier molecular flexibility index (Phi) is 7.74. The maximum Gasteiger partial charge on any atom is 0.252 e. The van der Waals surface area contributed by atoms with Crippen molar-refractivity contribution >= 4 is 23.3 Å². The second kappa shape index (κ2) is 10.0. The van der Waals surface area contributed by atoms with Crippen molar-refractivity contribution in [2.75, 3.05) is 24.5 Å². The van der Waals surface area contributed by atoms with E-state index in [0.29, 0.717) is 17.1 Å². The Bertz CT molecular complexity index is 667. The molecule has 0 unspecified atom stereocenters. The molecule has 0 spiro atoms. The number of hydrogen-bond acceptors (Lipinski definition) is 3. The number of nitrogens with zero attached hydrogens (tertiary/aromatic N) is 2. The Morgan fingerprint density at radius 1 is 1.16 bits per heavy atom. The molecule has 1 aromatic heterocycles. The van der Waals surface area contributed by atoms with Crippen LogP contribution in [0.5, 0.6) is 0 Å². The van der Waals surface area contributed by atoms with E-state index < -0.39 is 0 Å². The molecule has 0 radical (unpaired) electrons. The molecule has 4 nitrogen and oxygen atoms in total. The molecule has 1 amide bonds. The van der Waals surface area contributed by atoms with E-state index in [1.54, 1.807) is 6.20 Å². The van der Waals surface area contributed by atoms with E-state index in [2.05, 4.69) is 29.0 Å². The summed E-state index contributed by atoms with van der Waals surface area (Å²) in [6.45, 7) is 6.84. The van der Waals surface area contributed by atoms with E-state index in [0.717, 1.165) is 43.7 Å². The van der Waals surface area contributed by atoms with Crippen LogP contribution in [0.25, 0.3) is 0 Å². The summed E-state index contributed by atoms with van der Waals surface area (Å²) in [6.07, 6.45) is 4.56. The smallest absolute Gasteiger partial charge is 0.252 e. The molecule has 1 N–H and O–H groups in total. The number of anilines is 1. The number of hydrogen-bond donors (Lipinski definition) is 1. The van der Waals surface area contributed by atoms with Crippen LogP contribution in [-0.2, 0) is 6.42 Å². The molecule has 1 aromatic carbocycles. The van der Waals surface area contributed by atoms with Gasteiger partial charge in [0.15, 0.2) is 0 Å². The van der Waals surface area contributed by atoms with Crippen LogP contribution in [0.15, 0.2) is 42.6 Å². The minimum absolute atomic E-state index is 0.0985. The molecule has 0 aliphatic carbocycles. The molecule has 0 bridgehead atoms. The van der Waals surface area contributed by atoms with Crippen molar-refractivity contribution in [2.24, 2.45) is 0 Å². The fourth-order valence-electron chi connectivity index (χ4n) is 2.70. The summed E-state index contributed by atoms with van der Waals surface area (Å²) >= 11 is 5.97. The van der Waals surface area contributed by atoms with Gasteiger partial charge < -0.3 is 10.2 Å². The Balaban J connectivity index is 1.89. The Labute approximate surface area is 155 Å². The Hall–Kier alpha value is -2.07. The van der Waals surface area contributed by atoms with Gasteiger partial charge in [0.2, 0.25) is 0 Å². The number of nitrogens with one attached hydrogen (secondary N) is 1. The molecule has 134 valence electrons. The zero-order valence-electron chi connectivity index (χ0n) is 15.0. The molecule has 2 aromatic rings.